The van der Waals surface area contributed by atoms with Crippen molar-refractivity contribution in [3.8, 4) is 0 Å². The molecule has 144 valence electrons. The number of imidazole rings is 1. The van der Waals surface area contributed by atoms with Crippen LogP contribution >= 0.6 is 0 Å². The van der Waals surface area contributed by atoms with E-state index in [1.54, 1.807) is 4.90 Å². The summed E-state index contributed by atoms with van der Waals surface area (Å²) in [5, 5.41) is 0. The van der Waals surface area contributed by atoms with Crippen LogP contribution in [0, 0.1) is 0 Å². The van der Waals surface area contributed by atoms with E-state index in [0.717, 1.165) is 18.7 Å². The second kappa shape index (κ2) is 6.27. The Bertz CT molecular complexity index is 664. The SMILES string of the molecule is CC(C)(C)OC(=O)N1CCC[C@H]1c1nc(B2OC(C)(C)C(C)(C)O2)c[nH]1. The molecular formula is C18H30BN3O4. The number of aromatic amines is 1. The molecule has 3 rings (SSSR count). The molecule has 1 atom stereocenters. The Hall–Kier alpha value is -1.54. The average Bonchev–Trinajstić information content (AvgIpc) is 3.16. The molecule has 8 heteroatoms. The van der Waals surface area contributed by atoms with Crippen LogP contribution in [0.15, 0.2) is 6.20 Å². The number of nitrogens with zero attached hydrogens (tertiary/aromatic N) is 2. The lowest BCUT2D eigenvalue weighted by atomic mass is 9.86. The van der Waals surface area contributed by atoms with E-state index in [9.17, 15) is 4.79 Å². The lowest BCUT2D eigenvalue weighted by molar-refractivity contribution is 0.00578. The number of hydrogen-bond donors (Lipinski definition) is 1. The van der Waals surface area contributed by atoms with Gasteiger partial charge in [0, 0.05) is 12.7 Å². The fraction of sp³-hybridized carbons (Fsp3) is 0.778. The third-order valence-corrected chi connectivity index (χ3v) is 5.31. The maximum Gasteiger partial charge on any atom is 0.516 e. The molecule has 1 N–H and O–H groups in total. The molecule has 0 spiro atoms. The maximum absolute atomic E-state index is 12.5. The van der Waals surface area contributed by atoms with Crippen LogP contribution in [0.4, 0.5) is 4.79 Å². The number of rotatable bonds is 2. The molecule has 0 aliphatic carbocycles. The number of aromatic nitrogens is 2. The van der Waals surface area contributed by atoms with E-state index in [0.29, 0.717) is 12.1 Å². The summed E-state index contributed by atoms with van der Waals surface area (Å²) in [4.78, 5) is 22.1. The first kappa shape index (κ1) is 19.2. The monoisotopic (exact) mass is 363 g/mol. The molecule has 2 fully saturated rings. The largest absolute Gasteiger partial charge is 0.516 e. The van der Waals surface area contributed by atoms with E-state index < -0.39 is 23.9 Å². The molecule has 1 aromatic heterocycles. The van der Waals surface area contributed by atoms with E-state index in [4.69, 9.17) is 14.0 Å². The van der Waals surface area contributed by atoms with Gasteiger partial charge in [-0.3, -0.25) is 4.90 Å². The smallest absolute Gasteiger partial charge is 0.444 e. The molecule has 3 heterocycles. The van der Waals surface area contributed by atoms with Crippen molar-refractivity contribution in [2.45, 2.75) is 84.2 Å². The first-order valence-corrected chi connectivity index (χ1v) is 9.30. The number of likely N-dealkylation sites (tertiary alicyclic amines) is 1. The predicted octanol–water partition coefficient (Wildman–Crippen LogP) is 2.78. The molecule has 1 aromatic rings. The fourth-order valence-electron chi connectivity index (χ4n) is 3.20. The Kier molecular flexibility index (Phi) is 4.64. The molecule has 7 nitrogen and oxygen atoms in total. The highest BCUT2D eigenvalue weighted by Gasteiger charge is 2.52. The van der Waals surface area contributed by atoms with Crippen molar-refractivity contribution < 1.29 is 18.8 Å². The first-order valence-electron chi connectivity index (χ1n) is 9.30. The molecule has 1 amide bonds. The van der Waals surface area contributed by atoms with Gasteiger partial charge >= 0.3 is 13.2 Å². The van der Waals surface area contributed by atoms with Crippen molar-refractivity contribution in [1.29, 1.82) is 0 Å². The van der Waals surface area contributed by atoms with Crippen molar-refractivity contribution >= 4 is 18.8 Å². The van der Waals surface area contributed by atoms with Crippen LogP contribution in [-0.2, 0) is 14.0 Å². The van der Waals surface area contributed by atoms with E-state index in [-0.39, 0.29) is 12.1 Å². The molecular weight excluding hydrogens is 333 g/mol. The van der Waals surface area contributed by atoms with Crippen LogP contribution in [-0.4, -0.2) is 51.4 Å². The number of H-pyrrole nitrogens is 1. The summed E-state index contributed by atoms with van der Waals surface area (Å²) in [7, 11) is -0.513. The van der Waals surface area contributed by atoms with Crippen molar-refractivity contribution in [3.05, 3.63) is 12.0 Å². The number of hydrogen-bond acceptors (Lipinski definition) is 5. The van der Waals surface area contributed by atoms with Gasteiger partial charge < -0.3 is 19.0 Å². The number of carbonyl (C=O) groups is 1. The van der Waals surface area contributed by atoms with Gasteiger partial charge in [-0.25, -0.2) is 9.78 Å². The topological polar surface area (TPSA) is 76.7 Å². The lowest BCUT2D eigenvalue weighted by Gasteiger charge is -2.32. The zero-order chi connectivity index (χ0) is 19.3. The standard InChI is InChI=1S/C18H30BN3O4/c1-16(2,3)24-15(23)22-10-8-9-12(22)14-20-11-13(21-14)19-25-17(4,5)18(6,7)26-19/h11-12H,8-10H2,1-7H3,(H,20,21)/t12-/m0/s1. The minimum absolute atomic E-state index is 0.110. The lowest BCUT2D eigenvalue weighted by Crippen LogP contribution is -2.41. The molecule has 2 aliphatic heterocycles. The van der Waals surface area contributed by atoms with E-state index in [2.05, 4.69) is 9.97 Å². The Morgan fingerprint density at radius 3 is 2.50 bits per heavy atom. The summed E-state index contributed by atoms with van der Waals surface area (Å²) in [6.45, 7) is 14.4. The number of ether oxygens (including phenoxy) is 1. The second-order valence-corrected chi connectivity index (χ2v) is 9.13. The molecule has 0 aromatic carbocycles. The van der Waals surface area contributed by atoms with E-state index >= 15 is 0 Å². The summed E-state index contributed by atoms with van der Waals surface area (Å²) >= 11 is 0. The van der Waals surface area contributed by atoms with Gasteiger partial charge in [0.15, 0.2) is 0 Å². The summed E-state index contributed by atoms with van der Waals surface area (Å²) in [5.41, 5.74) is -0.629. The molecule has 26 heavy (non-hydrogen) atoms. The Morgan fingerprint density at radius 1 is 1.31 bits per heavy atom. The van der Waals surface area contributed by atoms with Gasteiger partial charge in [0.2, 0.25) is 0 Å². The maximum atomic E-state index is 12.5. The zero-order valence-corrected chi connectivity index (χ0v) is 16.9. The van der Waals surface area contributed by atoms with Crippen molar-refractivity contribution in [1.82, 2.24) is 14.9 Å². The van der Waals surface area contributed by atoms with Crippen LogP contribution < -0.4 is 5.59 Å². The third-order valence-electron chi connectivity index (χ3n) is 5.31. The Balaban J connectivity index is 1.74. The van der Waals surface area contributed by atoms with Gasteiger partial charge in [-0.05, 0) is 61.3 Å². The van der Waals surface area contributed by atoms with E-state index in [1.165, 1.54) is 0 Å². The second-order valence-electron chi connectivity index (χ2n) is 9.13. The van der Waals surface area contributed by atoms with Crippen LogP contribution in [0.25, 0.3) is 0 Å². The van der Waals surface area contributed by atoms with Crippen molar-refractivity contribution in [2.75, 3.05) is 6.54 Å². The zero-order valence-electron chi connectivity index (χ0n) is 16.9. The van der Waals surface area contributed by atoms with Crippen LogP contribution in [0.2, 0.25) is 0 Å². The van der Waals surface area contributed by atoms with Crippen LogP contribution in [0.3, 0.4) is 0 Å². The number of amides is 1. The van der Waals surface area contributed by atoms with E-state index in [1.807, 2.05) is 54.7 Å². The minimum Gasteiger partial charge on any atom is -0.444 e. The molecule has 0 saturated carbocycles. The molecule has 0 radical (unpaired) electrons. The van der Waals surface area contributed by atoms with Crippen molar-refractivity contribution in [2.24, 2.45) is 0 Å². The van der Waals surface area contributed by atoms with Gasteiger partial charge in [-0.1, -0.05) is 0 Å². The number of carbonyl (C=O) groups excluding carboxylic acids is 1. The normalized spacial score (nSPS) is 25.0. The Morgan fingerprint density at radius 2 is 1.92 bits per heavy atom. The predicted molar refractivity (Wildman–Crippen MR) is 99.2 cm³/mol. The highest BCUT2D eigenvalue weighted by atomic mass is 16.7. The van der Waals surface area contributed by atoms with Gasteiger partial charge in [-0.2, -0.15) is 0 Å². The van der Waals surface area contributed by atoms with Gasteiger partial charge in [0.1, 0.15) is 11.4 Å². The highest BCUT2D eigenvalue weighted by molar-refractivity contribution is 6.61. The van der Waals surface area contributed by atoms with Gasteiger partial charge in [0.05, 0.1) is 22.8 Å². The van der Waals surface area contributed by atoms with Crippen LogP contribution in [0.5, 0.6) is 0 Å². The fourth-order valence-corrected chi connectivity index (χ4v) is 3.20. The average molecular weight is 363 g/mol. The summed E-state index contributed by atoms with van der Waals surface area (Å²) in [6, 6.07) is -0.110. The Labute approximate surface area is 155 Å². The highest BCUT2D eigenvalue weighted by Crippen LogP contribution is 2.37. The molecule has 0 bridgehead atoms. The molecule has 2 saturated heterocycles. The summed E-state index contributed by atoms with van der Waals surface area (Å²) < 4.78 is 17.6. The van der Waals surface area contributed by atoms with Crippen molar-refractivity contribution in [3.63, 3.8) is 0 Å². The summed E-state index contributed by atoms with van der Waals surface area (Å²) in [6.07, 6.45) is 3.29. The summed E-state index contributed by atoms with van der Waals surface area (Å²) in [5.74, 6) is 0.748. The molecule has 0 unspecified atom stereocenters. The van der Waals surface area contributed by atoms with Gasteiger partial charge in [0.25, 0.3) is 0 Å². The minimum atomic E-state index is -0.513. The van der Waals surface area contributed by atoms with Gasteiger partial charge in [-0.15, -0.1) is 0 Å². The molecule has 2 aliphatic rings. The first-order chi connectivity index (χ1) is 11.9. The van der Waals surface area contributed by atoms with Crippen LogP contribution in [0.1, 0.15) is 73.2 Å². The third kappa shape index (κ3) is 3.62. The quantitative estimate of drug-likeness (QED) is 0.818. The number of nitrogens with one attached hydrogen (secondary N) is 1.